The van der Waals surface area contributed by atoms with Gasteiger partial charge in [-0.2, -0.15) is 5.10 Å². The van der Waals surface area contributed by atoms with Gasteiger partial charge in [0.15, 0.2) is 0 Å². The van der Waals surface area contributed by atoms with E-state index in [1.165, 1.54) is 11.3 Å². The smallest absolute Gasteiger partial charge is 0.0689 e. The van der Waals surface area contributed by atoms with Gasteiger partial charge < -0.3 is 10.5 Å². The number of nitrogens with two attached hydrogens (primary N) is 1. The zero-order valence-corrected chi connectivity index (χ0v) is 10.1. The first-order valence-electron chi connectivity index (χ1n) is 6.02. The molecule has 1 aromatic rings. The normalized spacial score (nSPS) is 19.9. The average Bonchev–Trinajstić information content (AvgIpc) is 2.60. The summed E-state index contributed by atoms with van der Waals surface area (Å²) in [6, 6.07) is 0.197. The SMILES string of the molecule is C[C@H](N)Cc1cn(C)nc1C1CCOCC1. The first-order valence-corrected chi connectivity index (χ1v) is 6.02. The Morgan fingerprint density at radius 3 is 2.88 bits per heavy atom. The highest BCUT2D eigenvalue weighted by Gasteiger charge is 2.22. The first-order chi connectivity index (χ1) is 7.66. The summed E-state index contributed by atoms with van der Waals surface area (Å²) in [4.78, 5) is 0. The molecule has 0 bridgehead atoms. The van der Waals surface area contributed by atoms with E-state index in [1.807, 2.05) is 18.7 Å². The van der Waals surface area contributed by atoms with Gasteiger partial charge in [-0.1, -0.05) is 0 Å². The predicted octanol–water partition coefficient (Wildman–Crippen LogP) is 1.20. The quantitative estimate of drug-likeness (QED) is 0.838. The van der Waals surface area contributed by atoms with Crippen LogP contribution in [0.1, 0.15) is 36.9 Å². The van der Waals surface area contributed by atoms with E-state index in [-0.39, 0.29) is 6.04 Å². The molecule has 4 heteroatoms. The lowest BCUT2D eigenvalue weighted by Crippen LogP contribution is -2.20. The van der Waals surface area contributed by atoms with E-state index in [4.69, 9.17) is 10.5 Å². The van der Waals surface area contributed by atoms with Crippen molar-refractivity contribution in [2.24, 2.45) is 12.8 Å². The molecule has 4 nitrogen and oxygen atoms in total. The third-order valence-electron chi connectivity index (χ3n) is 3.09. The van der Waals surface area contributed by atoms with Crippen molar-refractivity contribution in [1.82, 2.24) is 9.78 Å². The number of aromatic nitrogens is 2. The molecule has 0 radical (unpaired) electrons. The number of ether oxygens (including phenoxy) is 1. The molecule has 1 fully saturated rings. The van der Waals surface area contributed by atoms with Crippen LogP contribution in [0, 0.1) is 0 Å². The van der Waals surface area contributed by atoms with Crippen LogP contribution < -0.4 is 5.73 Å². The van der Waals surface area contributed by atoms with Crippen molar-refractivity contribution in [2.75, 3.05) is 13.2 Å². The van der Waals surface area contributed by atoms with Gasteiger partial charge in [-0.3, -0.25) is 4.68 Å². The van der Waals surface area contributed by atoms with Crippen molar-refractivity contribution < 1.29 is 4.74 Å². The van der Waals surface area contributed by atoms with E-state index in [1.54, 1.807) is 0 Å². The van der Waals surface area contributed by atoms with Crippen LogP contribution in [0.5, 0.6) is 0 Å². The molecule has 1 aromatic heterocycles. The Bertz CT molecular complexity index is 340. The Kier molecular flexibility index (Phi) is 3.61. The molecule has 2 N–H and O–H groups in total. The molecule has 2 heterocycles. The minimum absolute atomic E-state index is 0.197. The molecule has 0 amide bonds. The second kappa shape index (κ2) is 4.97. The van der Waals surface area contributed by atoms with Crippen LogP contribution in [-0.4, -0.2) is 29.0 Å². The number of nitrogens with zero attached hydrogens (tertiary/aromatic N) is 2. The van der Waals surface area contributed by atoms with Crippen molar-refractivity contribution in [2.45, 2.75) is 38.1 Å². The van der Waals surface area contributed by atoms with Crippen LogP contribution in [0.2, 0.25) is 0 Å². The van der Waals surface area contributed by atoms with Crippen LogP contribution in [0.25, 0.3) is 0 Å². The number of hydrogen-bond acceptors (Lipinski definition) is 3. The standard InChI is InChI=1S/C12H21N3O/c1-9(13)7-11-8-15(2)14-12(11)10-3-5-16-6-4-10/h8-10H,3-7,13H2,1-2H3/t9-/m0/s1. The maximum absolute atomic E-state index is 5.87. The number of hydrogen-bond donors (Lipinski definition) is 1. The van der Waals surface area contributed by atoms with Gasteiger partial charge in [0.1, 0.15) is 0 Å². The minimum atomic E-state index is 0.197. The lowest BCUT2D eigenvalue weighted by molar-refractivity contribution is 0.0842. The van der Waals surface area contributed by atoms with Crippen LogP contribution in [0.3, 0.4) is 0 Å². The van der Waals surface area contributed by atoms with E-state index in [2.05, 4.69) is 11.3 Å². The monoisotopic (exact) mass is 223 g/mol. The van der Waals surface area contributed by atoms with Crippen molar-refractivity contribution in [1.29, 1.82) is 0 Å². The molecule has 1 aliphatic heterocycles. The van der Waals surface area contributed by atoms with Crippen LogP contribution in [0.4, 0.5) is 0 Å². The van der Waals surface area contributed by atoms with Gasteiger partial charge in [0.2, 0.25) is 0 Å². The van der Waals surface area contributed by atoms with Gasteiger partial charge in [-0.05, 0) is 31.7 Å². The van der Waals surface area contributed by atoms with Crippen molar-refractivity contribution in [3.8, 4) is 0 Å². The van der Waals surface area contributed by atoms with Gasteiger partial charge >= 0.3 is 0 Å². The topological polar surface area (TPSA) is 53.1 Å². The fourth-order valence-corrected chi connectivity index (χ4v) is 2.37. The molecule has 0 aromatic carbocycles. The van der Waals surface area contributed by atoms with E-state index in [0.717, 1.165) is 32.5 Å². The first kappa shape index (κ1) is 11.6. The third kappa shape index (κ3) is 2.62. The van der Waals surface area contributed by atoms with Crippen molar-refractivity contribution in [3.05, 3.63) is 17.5 Å². The summed E-state index contributed by atoms with van der Waals surface area (Å²) < 4.78 is 7.29. The molecule has 90 valence electrons. The average molecular weight is 223 g/mol. The Hall–Kier alpha value is -0.870. The molecule has 0 saturated carbocycles. The summed E-state index contributed by atoms with van der Waals surface area (Å²) in [6.45, 7) is 3.76. The zero-order chi connectivity index (χ0) is 11.5. The molecule has 1 saturated heterocycles. The third-order valence-corrected chi connectivity index (χ3v) is 3.09. The second-order valence-corrected chi connectivity index (χ2v) is 4.78. The van der Waals surface area contributed by atoms with Crippen LogP contribution in [0.15, 0.2) is 6.20 Å². The van der Waals surface area contributed by atoms with E-state index >= 15 is 0 Å². The lowest BCUT2D eigenvalue weighted by Gasteiger charge is -2.21. The molecule has 1 aliphatic rings. The van der Waals surface area contributed by atoms with Crippen molar-refractivity contribution in [3.63, 3.8) is 0 Å². The maximum Gasteiger partial charge on any atom is 0.0689 e. The Labute approximate surface area is 96.8 Å². The highest BCUT2D eigenvalue weighted by atomic mass is 16.5. The second-order valence-electron chi connectivity index (χ2n) is 4.78. The van der Waals surface area contributed by atoms with Gasteiger partial charge in [0.25, 0.3) is 0 Å². The Morgan fingerprint density at radius 2 is 2.25 bits per heavy atom. The number of rotatable bonds is 3. The fraction of sp³-hybridized carbons (Fsp3) is 0.750. The molecule has 1 atom stereocenters. The lowest BCUT2D eigenvalue weighted by atomic mass is 9.92. The van der Waals surface area contributed by atoms with Gasteiger partial charge in [0, 0.05) is 38.4 Å². The molecule has 2 rings (SSSR count). The van der Waals surface area contributed by atoms with Gasteiger partial charge in [-0.15, -0.1) is 0 Å². The maximum atomic E-state index is 5.87. The van der Waals surface area contributed by atoms with Crippen LogP contribution >= 0.6 is 0 Å². The Balaban J connectivity index is 2.17. The number of aryl methyl sites for hydroxylation is 1. The van der Waals surface area contributed by atoms with Gasteiger partial charge in [-0.25, -0.2) is 0 Å². The molecule has 0 spiro atoms. The van der Waals surface area contributed by atoms with Crippen LogP contribution in [-0.2, 0) is 18.2 Å². The molecular formula is C12H21N3O. The highest BCUT2D eigenvalue weighted by Crippen LogP contribution is 2.28. The largest absolute Gasteiger partial charge is 0.381 e. The van der Waals surface area contributed by atoms with Crippen molar-refractivity contribution >= 4 is 0 Å². The fourth-order valence-electron chi connectivity index (χ4n) is 2.37. The summed E-state index contributed by atoms with van der Waals surface area (Å²) >= 11 is 0. The zero-order valence-electron chi connectivity index (χ0n) is 10.1. The summed E-state index contributed by atoms with van der Waals surface area (Å²) in [5, 5.41) is 4.59. The molecule has 0 unspecified atom stereocenters. The van der Waals surface area contributed by atoms with E-state index < -0.39 is 0 Å². The van der Waals surface area contributed by atoms with E-state index in [9.17, 15) is 0 Å². The van der Waals surface area contributed by atoms with E-state index in [0.29, 0.717) is 5.92 Å². The highest BCUT2D eigenvalue weighted by molar-refractivity contribution is 5.22. The minimum Gasteiger partial charge on any atom is -0.381 e. The summed E-state index contributed by atoms with van der Waals surface area (Å²) in [6.07, 6.45) is 5.20. The predicted molar refractivity (Wildman–Crippen MR) is 63.4 cm³/mol. The molecule has 0 aliphatic carbocycles. The summed E-state index contributed by atoms with van der Waals surface area (Å²) in [5.74, 6) is 0.559. The summed E-state index contributed by atoms with van der Waals surface area (Å²) in [5.41, 5.74) is 8.42. The Morgan fingerprint density at radius 1 is 1.56 bits per heavy atom. The molecular weight excluding hydrogens is 202 g/mol. The summed E-state index contributed by atoms with van der Waals surface area (Å²) in [7, 11) is 1.98. The van der Waals surface area contributed by atoms with Gasteiger partial charge in [0.05, 0.1) is 5.69 Å². The molecule has 16 heavy (non-hydrogen) atoms.